The number of fused-ring (bicyclic) bond motifs is 1. The highest BCUT2D eigenvalue weighted by Crippen LogP contribution is 2.30. The Morgan fingerprint density at radius 1 is 1.26 bits per heavy atom. The van der Waals surface area contributed by atoms with Crippen LogP contribution in [0.2, 0.25) is 0 Å². The van der Waals surface area contributed by atoms with Crippen LogP contribution in [0.3, 0.4) is 0 Å². The van der Waals surface area contributed by atoms with Crippen molar-refractivity contribution < 1.29 is 9.53 Å². The lowest BCUT2D eigenvalue weighted by Crippen LogP contribution is -2.38. The molecular formula is C22H24N2O2S. The van der Waals surface area contributed by atoms with Gasteiger partial charge in [0, 0.05) is 6.61 Å². The Morgan fingerprint density at radius 3 is 2.89 bits per heavy atom. The van der Waals surface area contributed by atoms with Crippen LogP contribution in [-0.4, -0.2) is 30.1 Å². The fraction of sp³-hybridized carbons (Fsp3) is 0.364. The molecule has 1 unspecified atom stereocenters. The first-order valence-corrected chi connectivity index (χ1v) is 10.3. The Kier molecular flexibility index (Phi) is 5.23. The minimum absolute atomic E-state index is 0.0817. The quantitative estimate of drug-likeness (QED) is 0.646. The number of rotatable bonds is 5. The van der Waals surface area contributed by atoms with Crippen molar-refractivity contribution in [1.82, 2.24) is 4.98 Å². The predicted molar refractivity (Wildman–Crippen MR) is 111 cm³/mol. The van der Waals surface area contributed by atoms with Gasteiger partial charge < -0.3 is 4.74 Å². The summed E-state index contributed by atoms with van der Waals surface area (Å²) in [6.45, 7) is 5.47. The van der Waals surface area contributed by atoms with Crippen molar-refractivity contribution in [3.8, 4) is 0 Å². The molecule has 1 atom stereocenters. The van der Waals surface area contributed by atoms with Gasteiger partial charge in [-0.1, -0.05) is 47.2 Å². The molecule has 1 amide bonds. The number of amides is 1. The summed E-state index contributed by atoms with van der Waals surface area (Å²) < 4.78 is 6.91. The number of benzene rings is 2. The maximum atomic E-state index is 13.3. The summed E-state index contributed by atoms with van der Waals surface area (Å²) in [5, 5.41) is 0.766. The average Bonchev–Trinajstić information content (AvgIpc) is 3.31. The molecule has 27 heavy (non-hydrogen) atoms. The summed E-state index contributed by atoms with van der Waals surface area (Å²) >= 11 is 1.57. The Hall–Kier alpha value is -2.24. The monoisotopic (exact) mass is 380 g/mol. The zero-order valence-corrected chi connectivity index (χ0v) is 16.6. The molecule has 4 rings (SSSR count). The van der Waals surface area contributed by atoms with Gasteiger partial charge in [0.05, 0.1) is 29.3 Å². The first kappa shape index (κ1) is 18.1. The van der Waals surface area contributed by atoms with E-state index in [0.717, 1.165) is 45.9 Å². The lowest BCUT2D eigenvalue weighted by atomic mass is 10.0. The van der Waals surface area contributed by atoms with Crippen molar-refractivity contribution in [2.24, 2.45) is 0 Å². The summed E-state index contributed by atoms with van der Waals surface area (Å²) in [7, 11) is 0. The molecular weight excluding hydrogens is 356 g/mol. The topological polar surface area (TPSA) is 42.4 Å². The highest BCUT2D eigenvalue weighted by Gasteiger charge is 2.26. The van der Waals surface area contributed by atoms with E-state index in [1.165, 1.54) is 5.56 Å². The highest BCUT2D eigenvalue weighted by molar-refractivity contribution is 7.22. The van der Waals surface area contributed by atoms with Gasteiger partial charge in [-0.15, -0.1) is 0 Å². The first-order valence-electron chi connectivity index (χ1n) is 9.44. The van der Waals surface area contributed by atoms with Gasteiger partial charge >= 0.3 is 0 Å². The normalized spacial score (nSPS) is 16.7. The fourth-order valence-corrected chi connectivity index (χ4v) is 4.50. The van der Waals surface area contributed by atoms with E-state index in [9.17, 15) is 4.79 Å². The SMILES string of the molecule is Cc1ccc(C)c(CC(=O)N(CC2CCCO2)c2nc3ccccc3s2)c1. The lowest BCUT2D eigenvalue weighted by molar-refractivity contribution is -0.118. The van der Waals surface area contributed by atoms with Gasteiger partial charge in [0.15, 0.2) is 5.13 Å². The highest BCUT2D eigenvalue weighted by atomic mass is 32.1. The Bertz CT molecular complexity index is 927. The van der Waals surface area contributed by atoms with Gasteiger partial charge in [0.1, 0.15) is 0 Å². The molecule has 1 saturated heterocycles. The Labute approximate surface area is 163 Å². The van der Waals surface area contributed by atoms with E-state index in [2.05, 4.69) is 38.1 Å². The lowest BCUT2D eigenvalue weighted by Gasteiger charge is -2.23. The van der Waals surface area contributed by atoms with E-state index < -0.39 is 0 Å². The molecule has 1 aromatic heterocycles. The van der Waals surface area contributed by atoms with Crippen LogP contribution in [0.15, 0.2) is 42.5 Å². The average molecular weight is 381 g/mol. The second-order valence-electron chi connectivity index (χ2n) is 7.21. The third kappa shape index (κ3) is 4.04. The van der Waals surface area contributed by atoms with Gasteiger partial charge in [-0.3, -0.25) is 9.69 Å². The molecule has 3 aromatic rings. The molecule has 2 heterocycles. The standard InChI is InChI=1S/C22H24N2O2S/c1-15-9-10-16(2)17(12-15)13-21(25)24(14-18-6-5-11-26-18)22-23-19-7-3-4-8-20(19)27-22/h3-4,7-10,12,18H,5-6,11,13-14H2,1-2H3. The molecule has 1 aliphatic heterocycles. The molecule has 1 aliphatic rings. The maximum Gasteiger partial charge on any atom is 0.233 e. The number of thiazole rings is 1. The van der Waals surface area contributed by atoms with Crippen LogP contribution in [-0.2, 0) is 16.0 Å². The summed E-state index contributed by atoms with van der Waals surface area (Å²) in [4.78, 5) is 19.8. The van der Waals surface area contributed by atoms with Crippen molar-refractivity contribution in [3.05, 3.63) is 59.2 Å². The fourth-order valence-electron chi connectivity index (χ4n) is 3.50. The van der Waals surface area contributed by atoms with E-state index in [1.54, 1.807) is 11.3 Å². The number of ether oxygens (including phenoxy) is 1. The molecule has 0 saturated carbocycles. The molecule has 4 nitrogen and oxygen atoms in total. The molecule has 0 bridgehead atoms. The van der Waals surface area contributed by atoms with Crippen molar-refractivity contribution in [2.45, 2.75) is 39.2 Å². The summed E-state index contributed by atoms with van der Waals surface area (Å²) in [6, 6.07) is 14.3. The van der Waals surface area contributed by atoms with Crippen LogP contribution < -0.4 is 4.90 Å². The van der Waals surface area contributed by atoms with Gasteiger partial charge in [0.25, 0.3) is 0 Å². The molecule has 2 aromatic carbocycles. The van der Waals surface area contributed by atoms with Crippen LogP contribution in [0.25, 0.3) is 10.2 Å². The van der Waals surface area contributed by atoms with E-state index in [-0.39, 0.29) is 12.0 Å². The van der Waals surface area contributed by atoms with Crippen molar-refractivity contribution >= 4 is 32.6 Å². The molecule has 0 aliphatic carbocycles. The molecule has 140 valence electrons. The van der Waals surface area contributed by atoms with E-state index in [1.807, 2.05) is 23.1 Å². The summed E-state index contributed by atoms with van der Waals surface area (Å²) in [5.41, 5.74) is 4.34. The van der Waals surface area contributed by atoms with Crippen molar-refractivity contribution in [2.75, 3.05) is 18.1 Å². The van der Waals surface area contributed by atoms with E-state index >= 15 is 0 Å². The van der Waals surface area contributed by atoms with Gasteiger partial charge in [-0.05, 0) is 49.9 Å². The zero-order valence-electron chi connectivity index (χ0n) is 15.8. The number of carbonyl (C=O) groups is 1. The molecule has 1 fully saturated rings. The van der Waals surface area contributed by atoms with Crippen LogP contribution in [0.4, 0.5) is 5.13 Å². The zero-order chi connectivity index (χ0) is 18.8. The third-order valence-corrected chi connectivity index (χ3v) is 6.13. The Balaban J connectivity index is 1.64. The van der Waals surface area contributed by atoms with Crippen LogP contribution in [0, 0.1) is 13.8 Å². The molecule has 0 N–H and O–H groups in total. The number of anilines is 1. The summed E-state index contributed by atoms with van der Waals surface area (Å²) in [5.74, 6) is 0.0817. The third-order valence-electron chi connectivity index (χ3n) is 5.07. The van der Waals surface area contributed by atoms with Crippen molar-refractivity contribution in [1.29, 1.82) is 0 Å². The second-order valence-corrected chi connectivity index (χ2v) is 8.22. The smallest absolute Gasteiger partial charge is 0.233 e. The van der Waals surface area contributed by atoms with Crippen LogP contribution in [0.5, 0.6) is 0 Å². The number of hydrogen-bond acceptors (Lipinski definition) is 4. The second kappa shape index (κ2) is 7.79. The molecule has 5 heteroatoms. The number of aryl methyl sites for hydroxylation is 2. The van der Waals surface area contributed by atoms with Gasteiger partial charge in [-0.25, -0.2) is 4.98 Å². The van der Waals surface area contributed by atoms with E-state index in [4.69, 9.17) is 9.72 Å². The van der Waals surface area contributed by atoms with Crippen LogP contribution >= 0.6 is 11.3 Å². The molecule has 0 spiro atoms. The number of para-hydroxylation sites is 1. The van der Waals surface area contributed by atoms with E-state index in [0.29, 0.717) is 13.0 Å². The Morgan fingerprint density at radius 2 is 2.11 bits per heavy atom. The maximum absolute atomic E-state index is 13.3. The van der Waals surface area contributed by atoms with Crippen LogP contribution in [0.1, 0.15) is 29.5 Å². The number of nitrogens with zero attached hydrogens (tertiary/aromatic N) is 2. The van der Waals surface area contributed by atoms with Gasteiger partial charge in [-0.2, -0.15) is 0 Å². The minimum atomic E-state index is 0.0817. The largest absolute Gasteiger partial charge is 0.376 e. The number of carbonyl (C=O) groups excluding carboxylic acids is 1. The molecule has 0 radical (unpaired) electrons. The first-order chi connectivity index (χ1) is 13.1. The van der Waals surface area contributed by atoms with Gasteiger partial charge in [0.2, 0.25) is 5.91 Å². The predicted octanol–water partition coefficient (Wildman–Crippen LogP) is 4.67. The minimum Gasteiger partial charge on any atom is -0.376 e. The van der Waals surface area contributed by atoms with Crippen molar-refractivity contribution in [3.63, 3.8) is 0 Å². The number of hydrogen-bond donors (Lipinski definition) is 0. The number of aromatic nitrogens is 1. The summed E-state index contributed by atoms with van der Waals surface area (Å²) in [6.07, 6.45) is 2.54.